The molecule has 2 aromatic heterocycles. The number of anilines is 2. The molecule has 0 saturated carbocycles. The Bertz CT molecular complexity index is 1000. The van der Waals surface area contributed by atoms with Gasteiger partial charge in [0.25, 0.3) is 0 Å². The Morgan fingerprint density at radius 2 is 2.00 bits per heavy atom. The summed E-state index contributed by atoms with van der Waals surface area (Å²) in [5, 5.41) is 19.8. The topological polar surface area (TPSA) is 105 Å². The number of fused-ring (bicyclic) bond motifs is 1. The molecule has 2 atom stereocenters. The van der Waals surface area contributed by atoms with Crippen LogP contribution in [0.2, 0.25) is 0 Å². The number of aliphatic hydroxyl groups excluding tert-OH is 1. The van der Waals surface area contributed by atoms with Crippen molar-refractivity contribution in [3.05, 3.63) is 78.5 Å². The van der Waals surface area contributed by atoms with Crippen LogP contribution in [0.4, 0.5) is 11.6 Å². The minimum Gasteiger partial charge on any atom is -0.396 e. The van der Waals surface area contributed by atoms with Crippen molar-refractivity contribution in [2.24, 2.45) is 5.92 Å². The van der Waals surface area contributed by atoms with E-state index in [1.54, 1.807) is 10.9 Å². The van der Waals surface area contributed by atoms with E-state index in [0.29, 0.717) is 41.7 Å². The highest BCUT2D eigenvalue weighted by Crippen LogP contribution is 2.37. The van der Waals surface area contributed by atoms with Gasteiger partial charge in [0.2, 0.25) is 11.9 Å². The number of pyridine rings is 1. The molecule has 1 aromatic carbocycles. The van der Waals surface area contributed by atoms with Crippen molar-refractivity contribution in [1.82, 2.24) is 19.7 Å². The van der Waals surface area contributed by atoms with Gasteiger partial charge >= 0.3 is 0 Å². The molecule has 0 fully saturated rings. The van der Waals surface area contributed by atoms with E-state index in [2.05, 4.69) is 32.3 Å². The zero-order valence-corrected chi connectivity index (χ0v) is 15.8. The van der Waals surface area contributed by atoms with Gasteiger partial charge in [0.15, 0.2) is 5.82 Å². The van der Waals surface area contributed by atoms with E-state index in [9.17, 15) is 4.79 Å². The number of hydrogen-bond donors (Lipinski definition) is 3. The van der Waals surface area contributed by atoms with Crippen LogP contribution in [-0.4, -0.2) is 37.4 Å². The molecule has 0 unspecified atom stereocenters. The normalized spacial score (nSPS) is 18.0. The second kappa shape index (κ2) is 8.24. The second-order valence-electron chi connectivity index (χ2n) is 6.81. The number of amides is 1. The van der Waals surface area contributed by atoms with Gasteiger partial charge in [0, 0.05) is 30.6 Å². The van der Waals surface area contributed by atoms with Crippen molar-refractivity contribution in [2.75, 3.05) is 17.2 Å². The Balaban J connectivity index is 1.72. The molecule has 0 bridgehead atoms. The van der Waals surface area contributed by atoms with Crippen molar-refractivity contribution < 1.29 is 9.90 Å². The first-order valence-corrected chi connectivity index (χ1v) is 9.46. The average molecular weight is 390 g/mol. The fraction of sp³-hybridized carbons (Fsp3) is 0.238. The third kappa shape index (κ3) is 3.88. The molecule has 3 heterocycles. The molecule has 0 aliphatic carbocycles. The van der Waals surface area contributed by atoms with Crippen molar-refractivity contribution in [3.63, 3.8) is 0 Å². The standard InChI is InChI=1S/C21H22N6O2/c1-14-18(20(29)24-15-8-3-2-4-9-15)19(16-10-5-6-12-22-16)27-21(23-14)25-17(26-27)11-7-13-28/h2-6,8-10,12,18-19,28H,1,7,11,13H2,(H,24,29)(H,23,25,26)/t18-,19+/m0/s1. The Morgan fingerprint density at radius 1 is 1.21 bits per heavy atom. The van der Waals surface area contributed by atoms with Crippen molar-refractivity contribution in [2.45, 2.75) is 18.9 Å². The van der Waals surface area contributed by atoms with Gasteiger partial charge in [-0.05, 0) is 30.7 Å². The van der Waals surface area contributed by atoms with E-state index in [-0.39, 0.29) is 12.5 Å². The Labute approximate surface area is 168 Å². The van der Waals surface area contributed by atoms with Crippen LogP contribution in [-0.2, 0) is 11.2 Å². The highest BCUT2D eigenvalue weighted by molar-refractivity contribution is 5.95. The second-order valence-corrected chi connectivity index (χ2v) is 6.81. The summed E-state index contributed by atoms with van der Waals surface area (Å²) in [5.74, 6) is 0.272. The molecule has 1 aliphatic heterocycles. The third-order valence-electron chi connectivity index (χ3n) is 4.78. The minimum atomic E-state index is -0.634. The van der Waals surface area contributed by atoms with Crippen LogP contribution in [0, 0.1) is 5.92 Å². The van der Waals surface area contributed by atoms with Gasteiger partial charge in [0.1, 0.15) is 12.0 Å². The number of benzene rings is 1. The molecule has 8 heteroatoms. The number of nitrogens with one attached hydrogen (secondary N) is 2. The van der Waals surface area contributed by atoms with Gasteiger partial charge in [-0.1, -0.05) is 30.8 Å². The van der Waals surface area contributed by atoms with E-state index in [4.69, 9.17) is 5.11 Å². The van der Waals surface area contributed by atoms with Gasteiger partial charge in [0.05, 0.1) is 5.69 Å². The molecule has 4 rings (SSSR count). The summed E-state index contributed by atoms with van der Waals surface area (Å²) in [5.41, 5.74) is 1.93. The molecular weight excluding hydrogens is 368 g/mol. The van der Waals surface area contributed by atoms with Crippen LogP contribution >= 0.6 is 0 Å². The zero-order valence-electron chi connectivity index (χ0n) is 15.8. The predicted molar refractivity (Wildman–Crippen MR) is 109 cm³/mol. The number of aromatic nitrogens is 4. The lowest BCUT2D eigenvalue weighted by atomic mass is 9.91. The quantitative estimate of drug-likeness (QED) is 0.597. The van der Waals surface area contributed by atoms with Crippen molar-refractivity contribution in [3.8, 4) is 0 Å². The van der Waals surface area contributed by atoms with Gasteiger partial charge in [-0.2, -0.15) is 10.1 Å². The molecule has 0 spiro atoms. The maximum absolute atomic E-state index is 13.2. The van der Waals surface area contributed by atoms with Crippen molar-refractivity contribution in [1.29, 1.82) is 0 Å². The average Bonchev–Trinajstić information content (AvgIpc) is 3.14. The van der Waals surface area contributed by atoms with Crippen LogP contribution < -0.4 is 10.6 Å². The van der Waals surface area contributed by atoms with Crippen LogP contribution in [0.15, 0.2) is 67.0 Å². The Hall–Kier alpha value is -3.52. The highest BCUT2D eigenvalue weighted by atomic mass is 16.3. The summed E-state index contributed by atoms with van der Waals surface area (Å²) in [6, 6.07) is 14.4. The molecule has 0 radical (unpaired) electrons. The summed E-state index contributed by atoms with van der Waals surface area (Å²) < 4.78 is 1.69. The first-order valence-electron chi connectivity index (χ1n) is 9.46. The third-order valence-corrected chi connectivity index (χ3v) is 4.78. The molecule has 3 N–H and O–H groups in total. The van der Waals surface area contributed by atoms with E-state index in [0.717, 1.165) is 0 Å². The molecule has 8 nitrogen and oxygen atoms in total. The Morgan fingerprint density at radius 3 is 2.72 bits per heavy atom. The SMILES string of the molecule is C=C1Nc2nc(CCCO)nn2[C@H](c2ccccn2)[C@H]1C(=O)Nc1ccccc1. The zero-order chi connectivity index (χ0) is 20.2. The van der Waals surface area contributed by atoms with Crippen LogP contribution in [0.5, 0.6) is 0 Å². The minimum absolute atomic E-state index is 0.0653. The molecular formula is C21H22N6O2. The number of nitrogens with zero attached hydrogens (tertiary/aromatic N) is 4. The fourth-order valence-electron chi connectivity index (χ4n) is 3.43. The Kier molecular flexibility index (Phi) is 5.35. The molecule has 1 amide bonds. The van der Waals surface area contributed by atoms with Crippen LogP contribution in [0.1, 0.15) is 24.0 Å². The van der Waals surface area contributed by atoms with E-state index in [1.165, 1.54) is 0 Å². The first kappa shape index (κ1) is 18.8. The molecule has 29 heavy (non-hydrogen) atoms. The van der Waals surface area contributed by atoms with E-state index < -0.39 is 12.0 Å². The highest BCUT2D eigenvalue weighted by Gasteiger charge is 2.40. The number of carbonyl (C=O) groups excluding carboxylic acids is 1. The number of hydrogen-bond acceptors (Lipinski definition) is 6. The summed E-state index contributed by atoms with van der Waals surface area (Å²) in [6.07, 6.45) is 2.80. The maximum atomic E-state index is 13.2. The van der Waals surface area contributed by atoms with Gasteiger partial charge < -0.3 is 15.7 Å². The molecule has 148 valence electrons. The lowest BCUT2D eigenvalue weighted by Gasteiger charge is -2.33. The van der Waals surface area contributed by atoms with Gasteiger partial charge in [-0.25, -0.2) is 4.68 Å². The smallest absolute Gasteiger partial charge is 0.236 e. The van der Waals surface area contributed by atoms with Crippen LogP contribution in [0.3, 0.4) is 0 Å². The lowest BCUT2D eigenvalue weighted by Crippen LogP contribution is -2.40. The maximum Gasteiger partial charge on any atom is 0.236 e. The summed E-state index contributed by atoms with van der Waals surface area (Å²) >= 11 is 0. The van der Waals surface area contributed by atoms with E-state index in [1.807, 2.05) is 48.5 Å². The molecule has 0 saturated heterocycles. The number of rotatable bonds is 6. The van der Waals surface area contributed by atoms with Crippen molar-refractivity contribution >= 4 is 17.5 Å². The predicted octanol–water partition coefficient (Wildman–Crippen LogP) is 2.38. The summed E-state index contributed by atoms with van der Waals surface area (Å²) in [6.45, 7) is 4.15. The first-order chi connectivity index (χ1) is 14.2. The summed E-state index contributed by atoms with van der Waals surface area (Å²) in [4.78, 5) is 22.2. The van der Waals surface area contributed by atoms with Crippen LogP contribution in [0.25, 0.3) is 0 Å². The largest absolute Gasteiger partial charge is 0.396 e. The lowest BCUT2D eigenvalue weighted by molar-refractivity contribution is -0.119. The van der Waals surface area contributed by atoms with Gasteiger partial charge in [-0.3, -0.25) is 9.78 Å². The fourth-order valence-corrected chi connectivity index (χ4v) is 3.43. The summed E-state index contributed by atoms with van der Waals surface area (Å²) in [7, 11) is 0. The molecule has 1 aliphatic rings. The monoisotopic (exact) mass is 390 g/mol. The number of para-hydroxylation sites is 1. The molecule has 3 aromatic rings. The number of carbonyl (C=O) groups is 1. The van der Waals surface area contributed by atoms with Gasteiger partial charge in [-0.15, -0.1) is 0 Å². The number of aryl methyl sites for hydroxylation is 1. The van der Waals surface area contributed by atoms with E-state index >= 15 is 0 Å². The number of aliphatic hydroxyl groups is 1.